The van der Waals surface area contributed by atoms with Crippen LogP contribution in [0.15, 0.2) is 52.2 Å². The van der Waals surface area contributed by atoms with Crippen molar-refractivity contribution in [3.8, 4) is 22.9 Å². The number of carbonyl (C=O) groups is 4. The van der Waals surface area contributed by atoms with Crippen molar-refractivity contribution in [1.29, 1.82) is 0 Å². The van der Waals surface area contributed by atoms with Gasteiger partial charge in [-0.2, -0.15) is 9.50 Å². The molecule has 0 radical (unpaired) electrons. The minimum absolute atomic E-state index is 0. The van der Waals surface area contributed by atoms with Crippen LogP contribution in [-0.4, -0.2) is 134 Å². The molecule has 7 rings (SSSR count). The number of carbonyl (C=O) groups excluding carboxylic acids is 3. The van der Waals surface area contributed by atoms with Gasteiger partial charge in [0.05, 0.1) is 5.75 Å². The Bertz CT molecular complexity index is 1890. The quantitative estimate of drug-likeness (QED) is 0.0630. The first-order valence-electron chi connectivity index (χ1n) is 14.7. The van der Waals surface area contributed by atoms with Crippen LogP contribution in [0.25, 0.3) is 17.2 Å². The predicted octanol–water partition coefficient (Wildman–Crippen LogP) is 1.26. The number of nitrogens with one attached hydrogen (secondary N) is 1. The number of aryl methyl sites for hydroxylation is 1. The van der Waals surface area contributed by atoms with Gasteiger partial charge in [0.2, 0.25) is 11.8 Å². The number of allylic oxidation sites excluding steroid dienone is 1. The third-order valence-corrected chi connectivity index (χ3v) is 10.5. The molecule has 0 spiro atoms. The number of hydrogen-bond donors (Lipinski definition) is 4. The third kappa shape index (κ3) is 6.48. The second-order valence-corrected chi connectivity index (χ2v) is 13.7. The first-order valence-corrected chi connectivity index (χ1v) is 16.7. The van der Waals surface area contributed by atoms with Crippen molar-refractivity contribution < 1.29 is 34.5 Å². The summed E-state index contributed by atoms with van der Waals surface area (Å²) >= 11 is 2.52. The van der Waals surface area contributed by atoms with E-state index in [0.717, 1.165) is 31.1 Å². The predicted molar refractivity (Wildman–Crippen MR) is 174 cm³/mol. The van der Waals surface area contributed by atoms with Gasteiger partial charge >= 0.3 is 35.5 Å². The average Bonchev–Trinajstić information content (AvgIpc) is 3.65. The molecule has 240 valence electrons. The molecule has 3 aromatic rings. The molecule has 2 aromatic heterocycles. The molecule has 2 saturated heterocycles. The molecule has 2 atom stereocenters. The van der Waals surface area contributed by atoms with Crippen LogP contribution in [0, 0.1) is 12.8 Å². The summed E-state index contributed by atoms with van der Waals surface area (Å²) in [5.74, 6) is -1.51. The first kappa shape index (κ1) is 33.3. The molecule has 3 amide bonds. The Morgan fingerprint density at radius 2 is 1.94 bits per heavy atom. The van der Waals surface area contributed by atoms with E-state index < -0.39 is 29.2 Å². The van der Waals surface area contributed by atoms with E-state index in [-0.39, 0.29) is 75.8 Å². The number of likely N-dealkylation sites (tertiary alicyclic amines) is 1. The van der Waals surface area contributed by atoms with Gasteiger partial charge in [-0.05, 0) is 68.0 Å². The molecule has 5 heterocycles. The summed E-state index contributed by atoms with van der Waals surface area (Å²) < 4.78 is 1.47. The summed E-state index contributed by atoms with van der Waals surface area (Å²) in [4.78, 5) is 63.2. The van der Waals surface area contributed by atoms with Crippen molar-refractivity contribution in [2.24, 2.45) is 5.92 Å². The van der Waals surface area contributed by atoms with E-state index in [0.29, 0.717) is 46.3 Å². The van der Waals surface area contributed by atoms with Crippen molar-refractivity contribution in [1.82, 2.24) is 34.7 Å². The molecule has 4 aliphatic rings. The zero-order valence-corrected chi connectivity index (χ0v) is 26.2. The fourth-order valence-electron chi connectivity index (χ4n) is 5.75. The Labute approximate surface area is 299 Å². The molecular weight excluding hydrogens is 657 g/mol. The Morgan fingerprint density at radius 3 is 2.66 bits per heavy atom. The number of aromatic hydroxyl groups is 2. The number of fused-ring (bicyclic) bond motifs is 2. The van der Waals surface area contributed by atoms with Gasteiger partial charge in [0.25, 0.3) is 11.7 Å². The molecule has 4 N–H and O–H groups in total. The van der Waals surface area contributed by atoms with Gasteiger partial charge in [0.15, 0.2) is 17.3 Å². The van der Waals surface area contributed by atoms with Crippen LogP contribution in [-0.2, 0) is 19.2 Å². The summed E-state index contributed by atoms with van der Waals surface area (Å²) in [6.45, 7) is 3.13. The second kappa shape index (κ2) is 13.1. The maximum atomic E-state index is 13.2. The zero-order valence-electron chi connectivity index (χ0n) is 24.5. The van der Waals surface area contributed by atoms with Crippen molar-refractivity contribution >= 4 is 82.5 Å². The van der Waals surface area contributed by atoms with Crippen LogP contribution in [0.4, 0.5) is 0 Å². The number of thioether (sulfide) groups is 2. The number of carboxylic acids is 1. The van der Waals surface area contributed by atoms with E-state index in [4.69, 9.17) is 0 Å². The third-order valence-electron chi connectivity index (χ3n) is 8.25. The number of aromatic nitrogens is 4. The van der Waals surface area contributed by atoms with E-state index >= 15 is 0 Å². The summed E-state index contributed by atoms with van der Waals surface area (Å²) in [7, 11) is 0. The number of amides is 3. The number of rotatable bonds is 9. The Kier molecular flexibility index (Phi) is 9.32. The monoisotopic (exact) mass is 687 g/mol. The normalized spacial score (nSPS) is 21.6. The zero-order chi connectivity index (χ0) is 32.3. The van der Waals surface area contributed by atoms with E-state index in [1.807, 2.05) is 4.90 Å². The molecule has 3 fully saturated rings. The summed E-state index contributed by atoms with van der Waals surface area (Å²) in [5.41, 5.74) is 1.94. The summed E-state index contributed by atoms with van der Waals surface area (Å²) in [6.07, 6.45) is 4.44. The SMILES string of the molecule is Cc1cc(SCC(=O)N[C@@H]2C(=O)N3C(C(=O)O)=C(/C=C4\CCN(CC5CC5)C4=O)CS[C@H]23)n2nc(-c3ccc(O)c(O)c3)nc2n1.[NaH]. The number of hydrogen-bond acceptors (Lipinski definition) is 11. The Hall–Kier alpha value is -3.57. The minimum atomic E-state index is -1.25. The Morgan fingerprint density at radius 1 is 1.15 bits per heavy atom. The van der Waals surface area contributed by atoms with Gasteiger partial charge in [-0.15, -0.1) is 16.9 Å². The van der Waals surface area contributed by atoms with Crippen LogP contribution in [0.5, 0.6) is 11.5 Å². The van der Waals surface area contributed by atoms with Crippen LogP contribution >= 0.6 is 23.5 Å². The number of aliphatic carboxylic acids is 1. The van der Waals surface area contributed by atoms with Crippen molar-refractivity contribution in [3.63, 3.8) is 0 Å². The molecule has 0 bridgehead atoms. The number of phenols is 2. The fourth-order valence-corrected chi connectivity index (χ4v) is 7.91. The Balaban J connectivity index is 0.00000386. The standard InChI is InChI=1S/C30H29N7O7S2.Na.H/c1-14-8-22(37-30(31-14)33-25(34-37)16-4-5-19(38)20(39)10-16)45-13-21(40)32-23-27(42)36-24(29(43)44)18(12-46-28(23)36)9-17-6-7-35(26(17)41)11-15-2-3-15;;/h4-5,8-10,15,23,28,38-39H,2-3,6-7,11-13H2,1H3,(H,32,40)(H,43,44);;/b17-9+;;/t23-,28-;;/m1../s1. The molecule has 0 unspecified atom stereocenters. The van der Waals surface area contributed by atoms with Crippen LogP contribution in [0.1, 0.15) is 25.0 Å². The molecule has 1 aliphatic carbocycles. The van der Waals surface area contributed by atoms with E-state index in [9.17, 15) is 34.5 Å². The van der Waals surface area contributed by atoms with Crippen LogP contribution < -0.4 is 5.32 Å². The molecule has 3 aliphatic heterocycles. The number of benzene rings is 1. The number of carboxylic acid groups (broad SMARTS) is 1. The van der Waals surface area contributed by atoms with E-state index in [1.165, 1.54) is 33.3 Å². The van der Waals surface area contributed by atoms with E-state index in [2.05, 4.69) is 20.4 Å². The van der Waals surface area contributed by atoms with Gasteiger partial charge in [-0.1, -0.05) is 11.8 Å². The molecule has 47 heavy (non-hydrogen) atoms. The topological polar surface area (TPSA) is 191 Å². The fraction of sp³-hybridized carbons (Fsp3) is 0.367. The van der Waals surface area contributed by atoms with Crippen LogP contribution in [0.3, 0.4) is 0 Å². The van der Waals surface area contributed by atoms with E-state index in [1.54, 1.807) is 25.1 Å². The van der Waals surface area contributed by atoms with Gasteiger partial charge in [-0.3, -0.25) is 19.3 Å². The van der Waals surface area contributed by atoms with Crippen LogP contribution in [0.2, 0.25) is 0 Å². The average molecular weight is 688 g/mol. The molecule has 1 aromatic carbocycles. The summed E-state index contributed by atoms with van der Waals surface area (Å²) in [6, 6.07) is 5.08. The number of β-lactam (4-membered cyclic amide) rings is 1. The molecule has 14 nitrogen and oxygen atoms in total. The van der Waals surface area contributed by atoms with Crippen molar-refractivity contribution in [3.05, 3.63) is 52.9 Å². The maximum absolute atomic E-state index is 13.2. The van der Waals surface area contributed by atoms with Gasteiger partial charge in [0.1, 0.15) is 22.1 Å². The molecular formula is C30H30N7NaO7S2. The van der Waals surface area contributed by atoms with Crippen molar-refractivity contribution in [2.45, 2.75) is 42.6 Å². The number of phenolic OH excluding ortho intramolecular Hbond substituents is 2. The molecule has 17 heteroatoms. The van der Waals surface area contributed by atoms with Gasteiger partial charge in [0, 0.05) is 35.7 Å². The summed E-state index contributed by atoms with van der Waals surface area (Å²) in [5, 5.41) is 36.7. The first-order chi connectivity index (χ1) is 22.1. The second-order valence-electron chi connectivity index (χ2n) is 11.6. The number of nitrogens with zero attached hydrogens (tertiary/aromatic N) is 6. The molecule has 1 saturated carbocycles. The van der Waals surface area contributed by atoms with Crippen molar-refractivity contribution in [2.75, 3.05) is 24.6 Å². The van der Waals surface area contributed by atoms with Gasteiger partial charge in [-0.25, -0.2) is 9.78 Å². The van der Waals surface area contributed by atoms with Gasteiger partial charge < -0.3 is 25.5 Å².